The van der Waals surface area contributed by atoms with Crippen LogP contribution in [-0.2, 0) is 0 Å². The van der Waals surface area contributed by atoms with E-state index < -0.39 is 0 Å². The summed E-state index contributed by atoms with van der Waals surface area (Å²) in [5.74, 6) is 1.28. The molecule has 0 radical (unpaired) electrons. The first kappa shape index (κ1) is 13.7. The quantitative estimate of drug-likeness (QED) is 0.771. The molecule has 94 valence electrons. The van der Waals surface area contributed by atoms with Gasteiger partial charge in [-0.25, -0.2) is 0 Å². The van der Waals surface area contributed by atoms with Gasteiger partial charge in [0.1, 0.15) is 5.75 Å². The van der Waals surface area contributed by atoms with E-state index in [1.54, 1.807) is 31.4 Å². The average Bonchev–Trinajstić information content (AvgIpc) is 2.35. The number of Topliss-reactive ketones (excluding diaryl/α,β-unsaturated/α-hetero) is 1. The van der Waals surface area contributed by atoms with Crippen LogP contribution in [0.3, 0.4) is 0 Å². The van der Waals surface area contributed by atoms with Crippen molar-refractivity contribution in [3.8, 4) is 5.75 Å². The van der Waals surface area contributed by atoms with Crippen LogP contribution in [-0.4, -0.2) is 19.4 Å². The molecule has 0 aliphatic carbocycles. The van der Waals surface area contributed by atoms with E-state index in [-0.39, 0.29) is 11.7 Å². The van der Waals surface area contributed by atoms with Gasteiger partial charge in [-0.3, -0.25) is 4.79 Å². The van der Waals surface area contributed by atoms with E-state index in [2.05, 4.69) is 13.8 Å². The molecule has 1 aromatic rings. The molecule has 1 aromatic carbocycles. The van der Waals surface area contributed by atoms with Gasteiger partial charge in [0.2, 0.25) is 0 Å². The predicted molar refractivity (Wildman–Crippen MR) is 69.3 cm³/mol. The number of nitrogens with two attached hydrogens (primary N) is 1. The van der Waals surface area contributed by atoms with Gasteiger partial charge in [0, 0.05) is 18.0 Å². The molecule has 0 heterocycles. The van der Waals surface area contributed by atoms with Crippen molar-refractivity contribution in [1.29, 1.82) is 0 Å². The first-order valence-corrected chi connectivity index (χ1v) is 5.96. The van der Waals surface area contributed by atoms with Gasteiger partial charge < -0.3 is 10.5 Å². The van der Waals surface area contributed by atoms with Crippen molar-refractivity contribution in [1.82, 2.24) is 0 Å². The number of hydrogen-bond donors (Lipinski definition) is 1. The van der Waals surface area contributed by atoms with Crippen molar-refractivity contribution in [2.75, 3.05) is 13.7 Å². The number of rotatable bonds is 6. The van der Waals surface area contributed by atoms with E-state index in [0.29, 0.717) is 18.0 Å². The number of ether oxygens (including phenoxy) is 1. The molecule has 0 spiro atoms. The maximum absolute atomic E-state index is 12.2. The maximum atomic E-state index is 12.2. The van der Waals surface area contributed by atoms with E-state index in [0.717, 1.165) is 12.2 Å². The lowest BCUT2D eigenvalue weighted by Gasteiger charge is -2.16. The molecule has 17 heavy (non-hydrogen) atoms. The molecule has 0 saturated heterocycles. The van der Waals surface area contributed by atoms with Crippen molar-refractivity contribution in [3.63, 3.8) is 0 Å². The summed E-state index contributed by atoms with van der Waals surface area (Å²) >= 11 is 0. The van der Waals surface area contributed by atoms with Crippen LogP contribution in [0.4, 0.5) is 0 Å². The summed E-state index contributed by atoms with van der Waals surface area (Å²) in [6.07, 6.45) is 0.835. The van der Waals surface area contributed by atoms with Crippen molar-refractivity contribution in [3.05, 3.63) is 29.8 Å². The molecule has 1 rings (SSSR count). The second kappa shape index (κ2) is 6.40. The molecule has 2 N–H and O–H groups in total. The number of ketones is 1. The van der Waals surface area contributed by atoms with Gasteiger partial charge in [-0.2, -0.15) is 0 Å². The summed E-state index contributed by atoms with van der Waals surface area (Å²) in [6, 6.07) is 7.20. The minimum Gasteiger partial charge on any atom is -0.497 e. The van der Waals surface area contributed by atoms with Crippen molar-refractivity contribution in [2.24, 2.45) is 17.6 Å². The summed E-state index contributed by atoms with van der Waals surface area (Å²) in [6.45, 7) is 4.61. The third kappa shape index (κ3) is 3.86. The molecule has 0 aliphatic heterocycles. The summed E-state index contributed by atoms with van der Waals surface area (Å²) in [4.78, 5) is 12.2. The van der Waals surface area contributed by atoms with Crippen LogP contribution < -0.4 is 10.5 Å². The van der Waals surface area contributed by atoms with Crippen LogP contribution in [0, 0.1) is 11.8 Å². The normalized spacial score (nSPS) is 12.5. The van der Waals surface area contributed by atoms with Gasteiger partial charge in [-0.1, -0.05) is 13.8 Å². The van der Waals surface area contributed by atoms with E-state index in [1.807, 2.05) is 0 Å². The highest BCUT2D eigenvalue weighted by Crippen LogP contribution is 2.18. The lowest BCUT2D eigenvalue weighted by Crippen LogP contribution is -2.25. The second-order valence-electron chi connectivity index (χ2n) is 4.65. The van der Waals surface area contributed by atoms with E-state index in [1.165, 1.54) is 0 Å². The van der Waals surface area contributed by atoms with E-state index >= 15 is 0 Å². The molecule has 0 aromatic heterocycles. The predicted octanol–water partition coefficient (Wildman–Crippen LogP) is 2.50. The van der Waals surface area contributed by atoms with Gasteiger partial charge in [0.15, 0.2) is 5.78 Å². The van der Waals surface area contributed by atoms with Gasteiger partial charge in [0.05, 0.1) is 7.11 Å². The Kier molecular flexibility index (Phi) is 5.16. The van der Waals surface area contributed by atoms with E-state index in [9.17, 15) is 4.79 Å². The molecule has 0 aliphatic rings. The van der Waals surface area contributed by atoms with Gasteiger partial charge >= 0.3 is 0 Å². The average molecular weight is 235 g/mol. The SMILES string of the molecule is COc1ccc(C(=O)C(CN)CC(C)C)cc1. The highest BCUT2D eigenvalue weighted by Gasteiger charge is 2.19. The summed E-state index contributed by atoms with van der Waals surface area (Å²) in [5, 5.41) is 0. The zero-order chi connectivity index (χ0) is 12.8. The Labute approximate surface area is 103 Å². The Balaban J connectivity index is 2.78. The molecular formula is C14H21NO2. The smallest absolute Gasteiger partial charge is 0.167 e. The van der Waals surface area contributed by atoms with Crippen LogP contribution in [0.25, 0.3) is 0 Å². The molecule has 3 nitrogen and oxygen atoms in total. The molecule has 0 fully saturated rings. The van der Waals surface area contributed by atoms with Crippen molar-refractivity contribution < 1.29 is 9.53 Å². The fourth-order valence-corrected chi connectivity index (χ4v) is 1.87. The Morgan fingerprint density at radius 2 is 1.88 bits per heavy atom. The zero-order valence-electron chi connectivity index (χ0n) is 10.8. The third-order valence-corrected chi connectivity index (χ3v) is 2.79. The second-order valence-corrected chi connectivity index (χ2v) is 4.65. The standard InChI is InChI=1S/C14H21NO2/c1-10(2)8-12(9-15)14(16)11-4-6-13(17-3)7-5-11/h4-7,10,12H,8-9,15H2,1-3H3. The van der Waals surface area contributed by atoms with Crippen LogP contribution in [0.15, 0.2) is 24.3 Å². The first-order valence-electron chi connectivity index (χ1n) is 5.96. The van der Waals surface area contributed by atoms with Crippen LogP contribution in [0.2, 0.25) is 0 Å². The lowest BCUT2D eigenvalue weighted by atomic mass is 9.90. The molecule has 0 bridgehead atoms. The van der Waals surface area contributed by atoms with Gasteiger partial charge in [-0.05, 0) is 36.6 Å². The Hall–Kier alpha value is -1.35. The minimum absolute atomic E-state index is 0.0802. The molecule has 0 saturated carbocycles. The third-order valence-electron chi connectivity index (χ3n) is 2.79. The Morgan fingerprint density at radius 1 is 1.29 bits per heavy atom. The fraction of sp³-hybridized carbons (Fsp3) is 0.500. The van der Waals surface area contributed by atoms with Crippen molar-refractivity contribution in [2.45, 2.75) is 20.3 Å². The van der Waals surface area contributed by atoms with Gasteiger partial charge in [-0.15, -0.1) is 0 Å². The van der Waals surface area contributed by atoms with Crippen LogP contribution in [0.1, 0.15) is 30.6 Å². The van der Waals surface area contributed by atoms with Crippen LogP contribution >= 0.6 is 0 Å². The summed E-state index contributed by atoms with van der Waals surface area (Å²) in [5.41, 5.74) is 6.38. The molecule has 1 atom stereocenters. The monoisotopic (exact) mass is 235 g/mol. The fourth-order valence-electron chi connectivity index (χ4n) is 1.87. The number of carbonyl (C=O) groups is 1. The number of methoxy groups -OCH3 is 1. The highest BCUT2D eigenvalue weighted by atomic mass is 16.5. The molecule has 0 amide bonds. The Bertz CT molecular complexity index is 357. The highest BCUT2D eigenvalue weighted by molar-refractivity contribution is 5.98. The summed E-state index contributed by atoms with van der Waals surface area (Å²) in [7, 11) is 1.61. The van der Waals surface area contributed by atoms with Crippen LogP contribution in [0.5, 0.6) is 5.75 Å². The van der Waals surface area contributed by atoms with Gasteiger partial charge in [0.25, 0.3) is 0 Å². The maximum Gasteiger partial charge on any atom is 0.167 e. The number of benzene rings is 1. The lowest BCUT2D eigenvalue weighted by molar-refractivity contribution is 0.0909. The number of hydrogen-bond acceptors (Lipinski definition) is 3. The minimum atomic E-state index is -0.0802. The Morgan fingerprint density at radius 3 is 2.29 bits per heavy atom. The summed E-state index contributed by atoms with van der Waals surface area (Å²) < 4.78 is 5.06. The molecular weight excluding hydrogens is 214 g/mol. The number of carbonyl (C=O) groups excluding carboxylic acids is 1. The molecule has 3 heteroatoms. The first-order chi connectivity index (χ1) is 8.08. The zero-order valence-corrected chi connectivity index (χ0v) is 10.8. The topological polar surface area (TPSA) is 52.3 Å². The van der Waals surface area contributed by atoms with E-state index in [4.69, 9.17) is 10.5 Å². The van der Waals surface area contributed by atoms with Crippen molar-refractivity contribution >= 4 is 5.78 Å². The molecule has 1 unspecified atom stereocenters. The largest absolute Gasteiger partial charge is 0.497 e.